The van der Waals surface area contributed by atoms with Crippen molar-refractivity contribution in [3.05, 3.63) is 41.5 Å². The molecule has 2 aromatic rings. The van der Waals surface area contributed by atoms with E-state index in [-0.39, 0.29) is 11.8 Å². The Morgan fingerprint density at radius 3 is 2.57 bits per heavy atom. The highest BCUT2D eigenvalue weighted by atomic mass is 16.5. The second-order valence-electron chi connectivity index (χ2n) is 5.38. The second-order valence-corrected chi connectivity index (χ2v) is 5.38. The maximum Gasteiger partial charge on any atom is 0.229 e. The van der Waals surface area contributed by atoms with Gasteiger partial charge in [-0.05, 0) is 24.1 Å². The van der Waals surface area contributed by atoms with Crippen molar-refractivity contribution in [1.29, 1.82) is 0 Å². The summed E-state index contributed by atoms with van der Waals surface area (Å²) in [7, 11) is 0. The molecular formula is C16H21N3O2. The quantitative estimate of drug-likeness (QED) is 0.882. The molecule has 0 saturated carbocycles. The Hall–Kier alpha value is -2.17. The Morgan fingerprint density at radius 1 is 1.29 bits per heavy atom. The number of aromatic nitrogens is 2. The third-order valence-electron chi connectivity index (χ3n) is 3.05. The number of nitrogens with zero attached hydrogens (tertiary/aromatic N) is 2. The number of benzene rings is 1. The van der Waals surface area contributed by atoms with Gasteiger partial charge >= 0.3 is 0 Å². The summed E-state index contributed by atoms with van der Waals surface area (Å²) >= 11 is 0. The molecule has 21 heavy (non-hydrogen) atoms. The molecule has 1 aromatic carbocycles. The lowest BCUT2D eigenvalue weighted by Gasteiger charge is -2.05. The van der Waals surface area contributed by atoms with Crippen molar-refractivity contribution in [2.75, 3.05) is 5.32 Å². The van der Waals surface area contributed by atoms with Gasteiger partial charge in [-0.2, -0.15) is 4.98 Å². The molecule has 0 bridgehead atoms. The number of anilines is 1. The van der Waals surface area contributed by atoms with Crippen LogP contribution in [0.1, 0.15) is 56.8 Å². The Bertz CT molecular complexity index is 588. The van der Waals surface area contributed by atoms with Gasteiger partial charge in [-0.25, -0.2) is 0 Å². The van der Waals surface area contributed by atoms with Gasteiger partial charge in [0.2, 0.25) is 11.8 Å². The lowest BCUT2D eigenvalue weighted by molar-refractivity contribution is -0.116. The van der Waals surface area contributed by atoms with Crippen LogP contribution in [0.3, 0.4) is 0 Å². The molecule has 0 atom stereocenters. The van der Waals surface area contributed by atoms with Crippen LogP contribution in [0.4, 0.5) is 5.69 Å². The first kappa shape index (κ1) is 15.2. The average Bonchev–Trinajstić information content (AvgIpc) is 2.90. The van der Waals surface area contributed by atoms with E-state index in [4.69, 9.17) is 4.52 Å². The molecule has 0 radical (unpaired) electrons. The molecule has 0 spiro atoms. The molecule has 0 fully saturated rings. The van der Waals surface area contributed by atoms with Gasteiger partial charge in [0, 0.05) is 24.4 Å². The molecule has 0 aliphatic heterocycles. The van der Waals surface area contributed by atoms with Gasteiger partial charge in [-0.15, -0.1) is 0 Å². The van der Waals surface area contributed by atoms with E-state index >= 15 is 0 Å². The molecule has 1 N–H and O–H groups in total. The summed E-state index contributed by atoms with van der Waals surface area (Å²) in [5.41, 5.74) is 1.90. The third-order valence-corrected chi connectivity index (χ3v) is 3.05. The van der Waals surface area contributed by atoms with Crippen molar-refractivity contribution in [2.24, 2.45) is 0 Å². The maximum atomic E-state index is 11.5. The van der Waals surface area contributed by atoms with E-state index in [9.17, 15) is 4.79 Å². The zero-order valence-corrected chi connectivity index (χ0v) is 12.7. The first-order chi connectivity index (χ1) is 10.1. The van der Waals surface area contributed by atoms with E-state index < -0.39 is 0 Å². The van der Waals surface area contributed by atoms with Gasteiger partial charge in [0.15, 0.2) is 5.82 Å². The minimum absolute atomic E-state index is 0.0463. The highest BCUT2D eigenvalue weighted by Gasteiger charge is 2.10. The molecule has 0 aliphatic rings. The van der Waals surface area contributed by atoms with Crippen LogP contribution < -0.4 is 5.32 Å². The summed E-state index contributed by atoms with van der Waals surface area (Å²) in [6.45, 7) is 6.02. The molecule has 1 heterocycles. The average molecular weight is 287 g/mol. The van der Waals surface area contributed by atoms with Crippen molar-refractivity contribution < 1.29 is 9.32 Å². The molecule has 112 valence electrons. The largest absolute Gasteiger partial charge is 0.339 e. The third kappa shape index (κ3) is 4.41. The lowest BCUT2D eigenvalue weighted by Crippen LogP contribution is -2.10. The zero-order valence-electron chi connectivity index (χ0n) is 12.7. The predicted octanol–water partition coefficient (Wildman–Crippen LogP) is 3.52. The van der Waals surface area contributed by atoms with Gasteiger partial charge < -0.3 is 9.84 Å². The van der Waals surface area contributed by atoms with Crippen LogP contribution in [-0.4, -0.2) is 16.0 Å². The first-order valence-corrected chi connectivity index (χ1v) is 7.29. The Labute approximate surface area is 124 Å². The summed E-state index contributed by atoms with van der Waals surface area (Å²) in [5.74, 6) is 1.63. The van der Waals surface area contributed by atoms with Crippen molar-refractivity contribution in [3.63, 3.8) is 0 Å². The van der Waals surface area contributed by atoms with E-state index in [0.717, 1.165) is 17.7 Å². The van der Waals surface area contributed by atoms with Crippen LogP contribution in [0.15, 0.2) is 28.8 Å². The van der Waals surface area contributed by atoms with E-state index in [0.29, 0.717) is 24.6 Å². The van der Waals surface area contributed by atoms with Gasteiger partial charge in [-0.1, -0.05) is 38.1 Å². The van der Waals surface area contributed by atoms with Crippen LogP contribution >= 0.6 is 0 Å². The highest BCUT2D eigenvalue weighted by Crippen LogP contribution is 2.15. The number of nitrogens with one attached hydrogen (secondary N) is 1. The summed E-state index contributed by atoms with van der Waals surface area (Å²) < 4.78 is 5.18. The van der Waals surface area contributed by atoms with Crippen LogP contribution in [0.25, 0.3) is 0 Å². The van der Waals surface area contributed by atoms with E-state index in [1.54, 1.807) is 0 Å². The van der Waals surface area contributed by atoms with Crippen LogP contribution in [-0.2, 0) is 11.2 Å². The fraction of sp³-hybridized carbons (Fsp3) is 0.438. The zero-order chi connectivity index (χ0) is 15.2. The minimum Gasteiger partial charge on any atom is -0.339 e. The van der Waals surface area contributed by atoms with Gasteiger partial charge in [0.05, 0.1) is 0 Å². The molecule has 2 rings (SSSR count). The van der Waals surface area contributed by atoms with E-state index in [2.05, 4.69) is 15.5 Å². The normalized spacial score (nSPS) is 10.9. The number of carbonyl (C=O) groups excluding carboxylic acids is 1. The summed E-state index contributed by atoms with van der Waals surface area (Å²) in [6, 6.07) is 7.72. The summed E-state index contributed by atoms with van der Waals surface area (Å²) in [6.07, 6.45) is 2.02. The molecular weight excluding hydrogens is 266 g/mol. The second kappa shape index (κ2) is 7.02. The maximum absolute atomic E-state index is 11.5. The van der Waals surface area contributed by atoms with Gasteiger partial charge in [0.1, 0.15) is 0 Å². The molecule has 5 nitrogen and oxygen atoms in total. The van der Waals surface area contributed by atoms with Crippen LogP contribution in [0.2, 0.25) is 0 Å². The minimum atomic E-state index is 0.0463. The molecule has 1 amide bonds. The van der Waals surface area contributed by atoms with E-state index in [1.807, 2.05) is 45.0 Å². The Morgan fingerprint density at radius 2 is 2.00 bits per heavy atom. The van der Waals surface area contributed by atoms with Crippen molar-refractivity contribution in [3.8, 4) is 0 Å². The number of carbonyl (C=O) groups is 1. The molecule has 0 saturated heterocycles. The summed E-state index contributed by atoms with van der Waals surface area (Å²) in [4.78, 5) is 15.9. The fourth-order valence-corrected chi connectivity index (χ4v) is 1.91. The van der Waals surface area contributed by atoms with Gasteiger partial charge in [0.25, 0.3) is 0 Å². The van der Waals surface area contributed by atoms with Crippen molar-refractivity contribution in [1.82, 2.24) is 10.1 Å². The van der Waals surface area contributed by atoms with Crippen LogP contribution in [0.5, 0.6) is 0 Å². The standard InChI is InChI=1S/C16H21N3O2/c1-4-5-15(20)17-13-8-6-12(7-9-13)10-14-18-16(11(2)3)21-19-14/h6-9,11H,4-5,10H2,1-3H3,(H,17,20). The van der Waals surface area contributed by atoms with Crippen LogP contribution in [0, 0.1) is 0 Å². The fourth-order valence-electron chi connectivity index (χ4n) is 1.91. The number of hydrogen-bond donors (Lipinski definition) is 1. The van der Waals surface area contributed by atoms with Gasteiger partial charge in [-0.3, -0.25) is 4.79 Å². The van der Waals surface area contributed by atoms with Crippen molar-refractivity contribution in [2.45, 2.75) is 46.0 Å². The highest BCUT2D eigenvalue weighted by molar-refractivity contribution is 5.90. The number of rotatable bonds is 6. The molecule has 0 aliphatic carbocycles. The topological polar surface area (TPSA) is 68.0 Å². The molecule has 1 aromatic heterocycles. The first-order valence-electron chi connectivity index (χ1n) is 7.29. The monoisotopic (exact) mass is 287 g/mol. The smallest absolute Gasteiger partial charge is 0.229 e. The number of amides is 1. The predicted molar refractivity (Wildman–Crippen MR) is 81.2 cm³/mol. The summed E-state index contributed by atoms with van der Waals surface area (Å²) in [5, 5.41) is 6.84. The lowest BCUT2D eigenvalue weighted by atomic mass is 10.1. The van der Waals surface area contributed by atoms with E-state index in [1.165, 1.54) is 0 Å². The molecule has 5 heteroatoms. The SMILES string of the molecule is CCCC(=O)Nc1ccc(Cc2noc(C(C)C)n2)cc1. The molecule has 0 unspecified atom stereocenters. The Kier molecular flexibility index (Phi) is 5.09. The number of hydrogen-bond acceptors (Lipinski definition) is 4. The Balaban J connectivity index is 1.96. The van der Waals surface area contributed by atoms with Crippen molar-refractivity contribution >= 4 is 11.6 Å².